The lowest BCUT2D eigenvalue weighted by atomic mass is 10.0. The molecule has 0 amide bonds. The third-order valence-electron chi connectivity index (χ3n) is 3.31. The molecule has 1 fully saturated rings. The fourth-order valence-electron chi connectivity index (χ4n) is 2.11. The van der Waals surface area contributed by atoms with Gasteiger partial charge in [-0.2, -0.15) is 5.10 Å². The average molecular weight is 228 g/mol. The quantitative estimate of drug-likeness (QED) is 0.846. The topological polar surface area (TPSA) is 42.7 Å². The van der Waals surface area contributed by atoms with Gasteiger partial charge in [0.05, 0.1) is 0 Å². The second kappa shape index (κ2) is 3.96. The summed E-state index contributed by atoms with van der Waals surface area (Å²) in [7, 11) is 1.96. The van der Waals surface area contributed by atoms with Crippen molar-refractivity contribution in [2.45, 2.75) is 12.8 Å². The van der Waals surface area contributed by atoms with Crippen LogP contribution in [0.1, 0.15) is 17.3 Å². The van der Waals surface area contributed by atoms with Gasteiger partial charge in [0, 0.05) is 31.6 Å². The van der Waals surface area contributed by atoms with E-state index in [0.29, 0.717) is 5.92 Å². The molecule has 4 nitrogen and oxygen atoms in total. The van der Waals surface area contributed by atoms with Crippen LogP contribution in [0.25, 0.3) is 11.4 Å². The van der Waals surface area contributed by atoms with Gasteiger partial charge in [-0.15, -0.1) is 0 Å². The molecule has 0 bridgehead atoms. The van der Waals surface area contributed by atoms with Crippen LogP contribution in [0.2, 0.25) is 0 Å². The van der Waals surface area contributed by atoms with Gasteiger partial charge in [0.2, 0.25) is 0 Å². The van der Waals surface area contributed by atoms with Crippen LogP contribution in [-0.4, -0.2) is 27.9 Å². The van der Waals surface area contributed by atoms with Gasteiger partial charge < -0.3 is 5.32 Å². The zero-order chi connectivity index (χ0) is 11.8. The van der Waals surface area contributed by atoms with Crippen LogP contribution in [0.3, 0.4) is 0 Å². The number of nitrogens with one attached hydrogen (secondary N) is 1. The highest BCUT2D eigenvalue weighted by Gasteiger charge is 2.24. The van der Waals surface area contributed by atoms with Crippen LogP contribution in [0, 0.1) is 6.92 Å². The van der Waals surface area contributed by atoms with Crippen LogP contribution < -0.4 is 5.32 Å². The zero-order valence-corrected chi connectivity index (χ0v) is 10.1. The molecule has 1 aromatic carbocycles. The monoisotopic (exact) mass is 228 g/mol. The van der Waals surface area contributed by atoms with Crippen molar-refractivity contribution >= 4 is 0 Å². The first-order valence-corrected chi connectivity index (χ1v) is 5.93. The number of nitrogens with zero attached hydrogens (tertiary/aromatic N) is 3. The lowest BCUT2D eigenvalue weighted by Crippen LogP contribution is -2.40. The minimum Gasteiger partial charge on any atom is -0.315 e. The first-order valence-electron chi connectivity index (χ1n) is 5.93. The number of hydrogen-bond donors (Lipinski definition) is 1. The Balaban J connectivity index is 2.03. The van der Waals surface area contributed by atoms with Gasteiger partial charge in [-0.3, -0.25) is 0 Å². The number of rotatable bonds is 2. The van der Waals surface area contributed by atoms with Crippen molar-refractivity contribution < 1.29 is 0 Å². The largest absolute Gasteiger partial charge is 0.315 e. The summed E-state index contributed by atoms with van der Waals surface area (Å²) >= 11 is 0. The molecule has 0 atom stereocenters. The van der Waals surface area contributed by atoms with E-state index in [9.17, 15) is 0 Å². The molecule has 0 aliphatic carbocycles. The molecule has 4 heteroatoms. The number of benzene rings is 1. The van der Waals surface area contributed by atoms with Crippen LogP contribution >= 0.6 is 0 Å². The van der Waals surface area contributed by atoms with Gasteiger partial charge in [-0.05, 0) is 12.5 Å². The fraction of sp³-hybridized carbons (Fsp3) is 0.385. The number of hydrogen-bond acceptors (Lipinski definition) is 3. The first kappa shape index (κ1) is 10.5. The Hall–Kier alpha value is -1.68. The predicted octanol–water partition coefficient (Wildman–Crippen LogP) is 1.48. The number of aryl methyl sites for hydroxylation is 2. The predicted molar refractivity (Wildman–Crippen MR) is 66.8 cm³/mol. The second-order valence-corrected chi connectivity index (χ2v) is 4.59. The second-order valence-electron chi connectivity index (χ2n) is 4.59. The van der Waals surface area contributed by atoms with Crippen molar-refractivity contribution in [1.82, 2.24) is 20.1 Å². The third kappa shape index (κ3) is 1.74. The summed E-state index contributed by atoms with van der Waals surface area (Å²) in [6.45, 7) is 4.10. The first-order chi connectivity index (χ1) is 8.25. The van der Waals surface area contributed by atoms with E-state index in [4.69, 9.17) is 0 Å². The molecule has 0 unspecified atom stereocenters. The highest BCUT2D eigenvalue weighted by Crippen LogP contribution is 2.24. The molecule has 1 aliphatic rings. The summed E-state index contributed by atoms with van der Waals surface area (Å²) in [6, 6.07) is 8.30. The molecule has 0 radical (unpaired) electrons. The smallest absolute Gasteiger partial charge is 0.158 e. The molecular formula is C13H16N4. The van der Waals surface area contributed by atoms with Crippen molar-refractivity contribution in [3.8, 4) is 11.4 Å². The summed E-state index contributed by atoms with van der Waals surface area (Å²) < 4.78 is 1.88. The average Bonchev–Trinajstić information content (AvgIpc) is 2.58. The Morgan fingerprint density at radius 1 is 1.29 bits per heavy atom. The van der Waals surface area contributed by atoms with Gasteiger partial charge in [0.15, 0.2) is 11.6 Å². The molecule has 2 aromatic rings. The summed E-state index contributed by atoms with van der Waals surface area (Å²) in [5.74, 6) is 2.41. The summed E-state index contributed by atoms with van der Waals surface area (Å²) in [6.07, 6.45) is 0. The molecule has 3 rings (SSSR count). The SMILES string of the molecule is Cc1ccccc1-c1nc(C2CNC2)nn1C. The van der Waals surface area contributed by atoms with Crippen molar-refractivity contribution in [3.63, 3.8) is 0 Å². The third-order valence-corrected chi connectivity index (χ3v) is 3.31. The molecule has 1 N–H and O–H groups in total. The Bertz CT molecular complexity index is 540. The molecule has 2 heterocycles. The molecule has 17 heavy (non-hydrogen) atoms. The van der Waals surface area contributed by atoms with Gasteiger partial charge in [-0.25, -0.2) is 9.67 Å². The van der Waals surface area contributed by atoms with Gasteiger partial charge in [0.25, 0.3) is 0 Å². The highest BCUT2D eigenvalue weighted by atomic mass is 15.3. The van der Waals surface area contributed by atoms with Crippen molar-refractivity contribution in [3.05, 3.63) is 35.7 Å². The Labute approximate surface area is 101 Å². The maximum atomic E-state index is 4.67. The van der Waals surface area contributed by atoms with Gasteiger partial charge in [-0.1, -0.05) is 24.3 Å². The summed E-state index contributed by atoms with van der Waals surface area (Å²) in [5, 5.41) is 7.77. The standard InChI is InChI=1S/C13H16N4/c1-9-5-3-4-6-11(9)13-15-12(16-17(13)2)10-7-14-8-10/h3-6,10,14H,7-8H2,1-2H3. The van der Waals surface area contributed by atoms with Crippen molar-refractivity contribution in [2.75, 3.05) is 13.1 Å². The van der Waals surface area contributed by atoms with Gasteiger partial charge >= 0.3 is 0 Å². The van der Waals surface area contributed by atoms with Crippen LogP contribution in [0.5, 0.6) is 0 Å². The summed E-state index contributed by atoms with van der Waals surface area (Å²) in [5.41, 5.74) is 2.40. The maximum absolute atomic E-state index is 4.67. The fourth-order valence-corrected chi connectivity index (χ4v) is 2.11. The van der Waals surface area contributed by atoms with E-state index in [1.54, 1.807) is 0 Å². The van der Waals surface area contributed by atoms with Crippen molar-refractivity contribution in [1.29, 1.82) is 0 Å². The minimum absolute atomic E-state index is 0.485. The Morgan fingerprint density at radius 2 is 2.06 bits per heavy atom. The highest BCUT2D eigenvalue weighted by molar-refractivity contribution is 5.59. The molecule has 1 saturated heterocycles. The Kier molecular flexibility index (Phi) is 2.44. The lowest BCUT2D eigenvalue weighted by molar-refractivity contribution is 0.428. The van der Waals surface area contributed by atoms with Crippen LogP contribution in [0.15, 0.2) is 24.3 Å². The molecule has 0 spiro atoms. The van der Waals surface area contributed by atoms with E-state index < -0.39 is 0 Å². The minimum atomic E-state index is 0.485. The number of aromatic nitrogens is 3. The van der Waals surface area contributed by atoms with E-state index in [1.165, 1.54) is 11.1 Å². The van der Waals surface area contributed by atoms with E-state index >= 15 is 0 Å². The van der Waals surface area contributed by atoms with E-state index in [1.807, 2.05) is 23.9 Å². The lowest BCUT2D eigenvalue weighted by Gasteiger charge is -2.23. The maximum Gasteiger partial charge on any atom is 0.158 e. The molecule has 0 saturated carbocycles. The van der Waals surface area contributed by atoms with Crippen molar-refractivity contribution in [2.24, 2.45) is 7.05 Å². The molecule has 88 valence electrons. The van der Waals surface area contributed by atoms with E-state index in [-0.39, 0.29) is 0 Å². The normalized spacial score (nSPS) is 15.9. The van der Waals surface area contributed by atoms with Crippen LogP contribution in [-0.2, 0) is 7.05 Å². The molecule has 1 aliphatic heterocycles. The van der Waals surface area contributed by atoms with E-state index in [2.05, 4.69) is 34.5 Å². The van der Waals surface area contributed by atoms with Gasteiger partial charge in [0.1, 0.15) is 0 Å². The molecular weight excluding hydrogens is 212 g/mol. The van der Waals surface area contributed by atoms with E-state index in [0.717, 1.165) is 24.7 Å². The summed E-state index contributed by atoms with van der Waals surface area (Å²) in [4.78, 5) is 4.67. The van der Waals surface area contributed by atoms with Crippen LogP contribution in [0.4, 0.5) is 0 Å². The zero-order valence-electron chi connectivity index (χ0n) is 10.1. The Morgan fingerprint density at radius 3 is 2.71 bits per heavy atom. The molecule has 1 aromatic heterocycles.